The first-order chi connectivity index (χ1) is 17.3. The quantitative estimate of drug-likeness (QED) is 0.277. The van der Waals surface area contributed by atoms with Crippen molar-refractivity contribution in [1.82, 2.24) is 14.5 Å². The van der Waals surface area contributed by atoms with Crippen LogP contribution < -0.4 is 15.2 Å². The zero-order valence-electron chi connectivity index (χ0n) is 19.9. The largest absolute Gasteiger partial charge is 0.489 e. The average molecular weight is 590 g/mol. The van der Waals surface area contributed by atoms with E-state index in [9.17, 15) is 4.79 Å². The van der Waals surface area contributed by atoms with Gasteiger partial charge in [0, 0.05) is 29.2 Å². The molecule has 0 saturated carbocycles. The SMILES string of the molecule is CC(Oc1cc(-n2cnc3ccc(Br)cc32)sc1C(N)=O)c1cccc(OC2CCN(C)CC2)c1Cl. The highest BCUT2D eigenvalue weighted by Gasteiger charge is 2.24. The lowest BCUT2D eigenvalue weighted by atomic mass is 10.1. The Morgan fingerprint density at radius 1 is 1.22 bits per heavy atom. The first-order valence-electron chi connectivity index (χ1n) is 11.7. The van der Waals surface area contributed by atoms with Crippen molar-refractivity contribution in [3.05, 3.63) is 68.7 Å². The number of nitrogens with zero attached hydrogens (tertiary/aromatic N) is 3. The highest BCUT2D eigenvalue weighted by atomic mass is 79.9. The smallest absolute Gasteiger partial charge is 0.262 e. The van der Waals surface area contributed by atoms with Crippen molar-refractivity contribution in [2.45, 2.75) is 32.0 Å². The maximum Gasteiger partial charge on any atom is 0.262 e. The van der Waals surface area contributed by atoms with Gasteiger partial charge in [0.05, 0.1) is 16.1 Å². The molecular formula is C26H26BrClN4O3S. The lowest BCUT2D eigenvalue weighted by Gasteiger charge is -2.30. The number of carbonyl (C=O) groups excluding carboxylic acids is 1. The van der Waals surface area contributed by atoms with Crippen LogP contribution in [0.2, 0.25) is 5.02 Å². The Balaban J connectivity index is 1.41. The van der Waals surface area contributed by atoms with E-state index in [0.717, 1.165) is 52.0 Å². The summed E-state index contributed by atoms with van der Waals surface area (Å²) in [5.74, 6) is 0.504. The molecule has 1 amide bonds. The summed E-state index contributed by atoms with van der Waals surface area (Å²) in [5, 5.41) is 1.29. The van der Waals surface area contributed by atoms with Crippen molar-refractivity contribution < 1.29 is 14.3 Å². The van der Waals surface area contributed by atoms with E-state index >= 15 is 0 Å². The maximum absolute atomic E-state index is 12.3. The average Bonchev–Trinajstić information content (AvgIpc) is 3.45. The van der Waals surface area contributed by atoms with E-state index < -0.39 is 12.0 Å². The number of nitrogens with two attached hydrogens (primary N) is 1. The van der Waals surface area contributed by atoms with Gasteiger partial charge >= 0.3 is 0 Å². The van der Waals surface area contributed by atoms with E-state index in [1.165, 1.54) is 11.3 Å². The summed E-state index contributed by atoms with van der Waals surface area (Å²) >= 11 is 11.5. The van der Waals surface area contributed by atoms with Gasteiger partial charge in [-0.3, -0.25) is 9.36 Å². The standard InChI is InChI=1S/C26H26BrClN4O3S/c1-15(18-4-3-5-21(24(18)28)35-17-8-10-31(2)11-9-17)34-22-13-23(36-25(22)26(29)33)32-14-30-19-7-6-16(27)12-20(19)32/h3-7,12-15,17H,8-11H2,1-2H3,(H2,29,33). The summed E-state index contributed by atoms with van der Waals surface area (Å²) in [6.07, 6.45) is 3.34. The van der Waals surface area contributed by atoms with Gasteiger partial charge in [0.15, 0.2) is 0 Å². The Hall–Kier alpha value is -2.59. The van der Waals surface area contributed by atoms with Gasteiger partial charge in [-0.2, -0.15) is 0 Å². The molecule has 0 spiro atoms. The third kappa shape index (κ3) is 5.11. The number of piperidine rings is 1. The molecule has 1 unspecified atom stereocenters. The minimum Gasteiger partial charge on any atom is -0.489 e. The number of carbonyl (C=O) groups is 1. The Morgan fingerprint density at radius 2 is 2.00 bits per heavy atom. The monoisotopic (exact) mass is 588 g/mol. The molecule has 0 bridgehead atoms. The van der Waals surface area contributed by atoms with Crippen molar-refractivity contribution in [3.63, 3.8) is 0 Å². The number of halogens is 2. The molecule has 1 saturated heterocycles. The summed E-state index contributed by atoms with van der Waals surface area (Å²) in [4.78, 5) is 19.4. The van der Waals surface area contributed by atoms with Crippen LogP contribution >= 0.6 is 38.9 Å². The zero-order chi connectivity index (χ0) is 25.4. The number of fused-ring (bicyclic) bond motifs is 1. The fraction of sp³-hybridized carbons (Fsp3) is 0.308. The molecule has 188 valence electrons. The molecule has 7 nitrogen and oxygen atoms in total. The lowest BCUT2D eigenvalue weighted by Crippen LogP contribution is -2.35. The molecule has 4 aromatic rings. The number of rotatable bonds is 7. The molecular weight excluding hydrogens is 564 g/mol. The number of thiophene rings is 1. The molecule has 1 aliphatic rings. The lowest BCUT2D eigenvalue weighted by molar-refractivity contribution is 0.0998. The molecule has 10 heteroatoms. The molecule has 36 heavy (non-hydrogen) atoms. The second-order valence-corrected chi connectivity index (χ2v) is 11.3. The van der Waals surface area contributed by atoms with Crippen LogP contribution in [0.15, 0.2) is 53.3 Å². The number of hydrogen-bond donors (Lipinski definition) is 1. The topological polar surface area (TPSA) is 82.6 Å². The Morgan fingerprint density at radius 3 is 2.75 bits per heavy atom. The van der Waals surface area contributed by atoms with Crippen molar-refractivity contribution in [3.8, 4) is 16.5 Å². The van der Waals surface area contributed by atoms with Gasteiger partial charge < -0.3 is 20.1 Å². The van der Waals surface area contributed by atoms with Crippen molar-refractivity contribution in [2.24, 2.45) is 5.73 Å². The number of aromatic nitrogens is 2. The van der Waals surface area contributed by atoms with Gasteiger partial charge in [0.1, 0.15) is 39.9 Å². The fourth-order valence-electron chi connectivity index (χ4n) is 4.37. The second-order valence-electron chi connectivity index (χ2n) is 8.93. The van der Waals surface area contributed by atoms with Crippen molar-refractivity contribution >= 4 is 55.8 Å². The molecule has 5 rings (SSSR count). The maximum atomic E-state index is 12.3. The van der Waals surface area contributed by atoms with Crippen molar-refractivity contribution in [2.75, 3.05) is 20.1 Å². The third-order valence-corrected chi connectivity index (χ3v) is 8.38. The van der Waals surface area contributed by atoms with E-state index in [-0.39, 0.29) is 6.10 Å². The minimum atomic E-state index is -0.551. The predicted octanol–water partition coefficient (Wildman–Crippen LogP) is 6.21. The molecule has 3 heterocycles. The molecule has 1 atom stereocenters. The van der Waals surface area contributed by atoms with Gasteiger partial charge in [0.2, 0.25) is 0 Å². The molecule has 0 radical (unpaired) electrons. The van der Waals surface area contributed by atoms with E-state index in [1.54, 1.807) is 6.33 Å². The van der Waals surface area contributed by atoms with Crippen LogP contribution in [-0.4, -0.2) is 46.6 Å². The third-order valence-electron chi connectivity index (χ3n) is 6.35. The van der Waals surface area contributed by atoms with E-state index in [0.29, 0.717) is 21.4 Å². The number of ether oxygens (including phenoxy) is 2. The molecule has 0 aliphatic carbocycles. The summed E-state index contributed by atoms with van der Waals surface area (Å²) in [7, 11) is 2.12. The van der Waals surface area contributed by atoms with E-state index in [2.05, 4.69) is 32.9 Å². The summed E-state index contributed by atoms with van der Waals surface area (Å²) in [6, 6.07) is 13.4. The van der Waals surface area contributed by atoms with Crippen LogP contribution in [0.3, 0.4) is 0 Å². The predicted molar refractivity (Wildman–Crippen MR) is 147 cm³/mol. The number of benzene rings is 2. The highest BCUT2D eigenvalue weighted by molar-refractivity contribution is 9.10. The molecule has 1 fully saturated rings. The van der Waals surface area contributed by atoms with Crippen LogP contribution in [-0.2, 0) is 0 Å². The van der Waals surface area contributed by atoms with Gasteiger partial charge in [-0.05, 0) is 51.1 Å². The number of primary amides is 1. The molecule has 2 N–H and O–H groups in total. The van der Waals surface area contributed by atoms with Crippen molar-refractivity contribution in [1.29, 1.82) is 0 Å². The number of amides is 1. The van der Waals surface area contributed by atoms with Gasteiger partial charge in [-0.25, -0.2) is 4.98 Å². The second kappa shape index (κ2) is 10.4. The van der Waals surface area contributed by atoms with E-state index in [1.807, 2.05) is 54.0 Å². The molecule has 2 aromatic heterocycles. The van der Waals surface area contributed by atoms with E-state index in [4.69, 9.17) is 26.8 Å². The number of imidazole rings is 1. The summed E-state index contributed by atoms with van der Waals surface area (Å²) in [6.45, 7) is 3.90. The van der Waals surface area contributed by atoms with Crippen LogP contribution in [0.25, 0.3) is 16.0 Å². The summed E-state index contributed by atoms with van der Waals surface area (Å²) in [5.41, 5.74) is 8.24. The minimum absolute atomic E-state index is 0.135. The Labute approximate surface area is 226 Å². The highest BCUT2D eigenvalue weighted by Crippen LogP contribution is 2.39. The molecule has 2 aromatic carbocycles. The number of likely N-dealkylation sites (tertiary alicyclic amines) is 1. The fourth-order valence-corrected chi connectivity index (χ4v) is 5.97. The van der Waals surface area contributed by atoms with Crippen LogP contribution in [0.5, 0.6) is 11.5 Å². The first-order valence-corrected chi connectivity index (χ1v) is 13.7. The normalized spacial score (nSPS) is 15.8. The zero-order valence-corrected chi connectivity index (χ0v) is 23.1. The first kappa shape index (κ1) is 25.1. The van der Waals surface area contributed by atoms with Crippen LogP contribution in [0.1, 0.15) is 41.1 Å². The number of hydrogen-bond acceptors (Lipinski definition) is 6. The van der Waals surface area contributed by atoms with Crippen LogP contribution in [0.4, 0.5) is 0 Å². The van der Waals surface area contributed by atoms with Gasteiger partial charge in [-0.1, -0.05) is 39.7 Å². The van der Waals surface area contributed by atoms with Gasteiger partial charge in [0.25, 0.3) is 5.91 Å². The Bertz CT molecular complexity index is 1410. The van der Waals surface area contributed by atoms with Crippen LogP contribution in [0, 0.1) is 0 Å². The summed E-state index contributed by atoms with van der Waals surface area (Å²) < 4.78 is 15.4. The Kier molecular flexibility index (Phi) is 7.25. The van der Waals surface area contributed by atoms with Gasteiger partial charge in [-0.15, -0.1) is 11.3 Å². The molecule has 1 aliphatic heterocycles.